The summed E-state index contributed by atoms with van der Waals surface area (Å²) in [5, 5.41) is 4.03. The fraction of sp³-hybridized carbons (Fsp3) is 0.318. The molecule has 3 N–H and O–H groups in total. The van der Waals surface area contributed by atoms with E-state index in [1.807, 2.05) is 32.9 Å². The quantitative estimate of drug-likeness (QED) is 0.597. The Morgan fingerprint density at radius 2 is 2.03 bits per heavy atom. The van der Waals surface area contributed by atoms with Gasteiger partial charge in [-0.2, -0.15) is 0 Å². The van der Waals surface area contributed by atoms with Crippen LogP contribution in [0.1, 0.15) is 64.7 Å². The van der Waals surface area contributed by atoms with Crippen LogP contribution >= 0.6 is 11.6 Å². The lowest BCUT2D eigenvalue weighted by molar-refractivity contribution is 0.0996. The molecular formula is C22H22ClN3O3. The zero-order valence-corrected chi connectivity index (χ0v) is 17.3. The molecule has 0 spiro atoms. The smallest absolute Gasteiger partial charge is 0.269 e. The standard InChI is InChI=1S/C22H22ClN3O3/c1-10-8-14(12(3)25-16-6-7-17(23)26-18(16)22(24)28)21-15(9-10)19(27)11(2)20(29-21)13-4-5-13/h6-9,12-13,25H,4-5H2,1-3H3,(H2,24,28)/t12-/m1/s1. The van der Waals surface area contributed by atoms with Crippen LogP contribution in [0.3, 0.4) is 0 Å². The predicted octanol–water partition coefficient (Wildman–Crippen LogP) is 4.61. The Labute approximate surface area is 173 Å². The SMILES string of the molecule is Cc1cc([C@@H](C)Nc2ccc(Cl)nc2C(N)=O)c2oc(C3CC3)c(C)c(=O)c2c1. The highest BCUT2D eigenvalue weighted by atomic mass is 35.5. The average Bonchev–Trinajstić information content (AvgIpc) is 3.50. The molecule has 1 fully saturated rings. The summed E-state index contributed by atoms with van der Waals surface area (Å²) in [5.41, 5.74) is 9.06. The zero-order chi connectivity index (χ0) is 20.9. The molecule has 150 valence electrons. The van der Waals surface area contributed by atoms with E-state index in [2.05, 4.69) is 10.3 Å². The normalized spacial score (nSPS) is 14.8. The monoisotopic (exact) mass is 411 g/mol. The van der Waals surface area contributed by atoms with Gasteiger partial charge in [0.2, 0.25) is 0 Å². The molecule has 6 nitrogen and oxygen atoms in total. The second-order valence-corrected chi connectivity index (χ2v) is 8.07. The van der Waals surface area contributed by atoms with E-state index >= 15 is 0 Å². The van der Waals surface area contributed by atoms with Gasteiger partial charge in [0.1, 0.15) is 16.5 Å². The van der Waals surface area contributed by atoms with Crippen molar-refractivity contribution < 1.29 is 9.21 Å². The van der Waals surface area contributed by atoms with Crippen LogP contribution in [0.5, 0.6) is 0 Å². The fourth-order valence-corrected chi connectivity index (χ4v) is 3.84. The van der Waals surface area contributed by atoms with E-state index in [0.717, 1.165) is 29.7 Å². The van der Waals surface area contributed by atoms with Gasteiger partial charge in [-0.15, -0.1) is 0 Å². The lowest BCUT2D eigenvalue weighted by Crippen LogP contribution is -2.18. The molecule has 1 amide bonds. The number of benzene rings is 1. The van der Waals surface area contributed by atoms with Crippen LogP contribution in [0.2, 0.25) is 5.15 Å². The topological polar surface area (TPSA) is 98.2 Å². The number of fused-ring (bicyclic) bond motifs is 1. The molecule has 29 heavy (non-hydrogen) atoms. The molecule has 1 aromatic carbocycles. The summed E-state index contributed by atoms with van der Waals surface area (Å²) in [6, 6.07) is 6.84. The third-order valence-corrected chi connectivity index (χ3v) is 5.52. The predicted molar refractivity (Wildman–Crippen MR) is 114 cm³/mol. The largest absolute Gasteiger partial charge is 0.460 e. The molecular weight excluding hydrogens is 390 g/mol. The van der Waals surface area contributed by atoms with Crippen molar-refractivity contribution in [2.24, 2.45) is 5.73 Å². The van der Waals surface area contributed by atoms with Crippen molar-refractivity contribution in [3.05, 3.63) is 67.8 Å². The molecule has 1 aliphatic carbocycles. The molecule has 1 atom stereocenters. The van der Waals surface area contributed by atoms with Crippen molar-refractivity contribution in [1.29, 1.82) is 0 Å². The van der Waals surface area contributed by atoms with Crippen LogP contribution in [0.4, 0.5) is 5.69 Å². The molecule has 0 saturated heterocycles. The Hall–Kier alpha value is -2.86. The molecule has 1 saturated carbocycles. The summed E-state index contributed by atoms with van der Waals surface area (Å²) in [4.78, 5) is 28.8. The molecule has 0 radical (unpaired) electrons. The number of hydrogen-bond acceptors (Lipinski definition) is 5. The maximum atomic E-state index is 13.0. The molecule has 2 heterocycles. The van der Waals surface area contributed by atoms with Gasteiger partial charge < -0.3 is 15.5 Å². The number of aromatic nitrogens is 1. The molecule has 1 aliphatic rings. The van der Waals surface area contributed by atoms with E-state index in [4.69, 9.17) is 21.8 Å². The maximum absolute atomic E-state index is 13.0. The summed E-state index contributed by atoms with van der Waals surface area (Å²) in [5.74, 6) is 0.437. The number of carbonyl (C=O) groups is 1. The maximum Gasteiger partial charge on any atom is 0.269 e. The highest BCUT2D eigenvalue weighted by Gasteiger charge is 2.30. The number of halogens is 1. The van der Waals surface area contributed by atoms with E-state index in [1.165, 1.54) is 0 Å². The summed E-state index contributed by atoms with van der Waals surface area (Å²) in [7, 11) is 0. The first-order valence-corrected chi connectivity index (χ1v) is 9.94. The van der Waals surface area contributed by atoms with Gasteiger partial charge in [-0.25, -0.2) is 4.98 Å². The second-order valence-electron chi connectivity index (χ2n) is 7.69. The second kappa shape index (κ2) is 7.19. The van der Waals surface area contributed by atoms with Crippen LogP contribution in [0, 0.1) is 13.8 Å². The lowest BCUT2D eigenvalue weighted by Gasteiger charge is -2.19. The third-order valence-electron chi connectivity index (χ3n) is 5.31. The average molecular weight is 412 g/mol. The summed E-state index contributed by atoms with van der Waals surface area (Å²) < 4.78 is 6.27. The zero-order valence-electron chi connectivity index (χ0n) is 16.5. The number of primary amides is 1. The van der Waals surface area contributed by atoms with E-state index in [-0.39, 0.29) is 22.3 Å². The van der Waals surface area contributed by atoms with Crippen molar-refractivity contribution in [2.45, 2.75) is 45.6 Å². The number of nitrogens with zero attached hydrogens (tertiary/aromatic N) is 1. The number of anilines is 1. The third kappa shape index (κ3) is 3.60. The number of rotatable bonds is 5. The van der Waals surface area contributed by atoms with Crippen LogP contribution in [-0.4, -0.2) is 10.9 Å². The summed E-state index contributed by atoms with van der Waals surface area (Å²) in [6.45, 7) is 5.71. The van der Waals surface area contributed by atoms with Gasteiger partial charge in [0.05, 0.1) is 17.1 Å². The first-order chi connectivity index (χ1) is 13.8. The van der Waals surface area contributed by atoms with Gasteiger partial charge in [-0.1, -0.05) is 17.7 Å². The van der Waals surface area contributed by atoms with E-state index in [9.17, 15) is 9.59 Å². The van der Waals surface area contributed by atoms with Crippen LogP contribution in [0.25, 0.3) is 11.0 Å². The number of amides is 1. The number of carbonyl (C=O) groups excluding carboxylic acids is 1. The van der Waals surface area contributed by atoms with Gasteiger partial charge in [0.15, 0.2) is 11.1 Å². The van der Waals surface area contributed by atoms with Crippen LogP contribution < -0.4 is 16.5 Å². The molecule has 0 unspecified atom stereocenters. The van der Waals surface area contributed by atoms with Crippen molar-refractivity contribution >= 4 is 34.2 Å². The van der Waals surface area contributed by atoms with Crippen molar-refractivity contribution in [1.82, 2.24) is 4.98 Å². The van der Waals surface area contributed by atoms with Crippen molar-refractivity contribution in [3.8, 4) is 0 Å². The Morgan fingerprint density at radius 1 is 1.31 bits per heavy atom. The number of hydrogen-bond donors (Lipinski definition) is 2. The molecule has 0 bridgehead atoms. The number of pyridine rings is 1. The first-order valence-electron chi connectivity index (χ1n) is 9.57. The Balaban J connectivity index is 1.83. The van der Waals surface area contributed by atoms with E-state index in [1.54, 1.807) is 12.1 Å². The minimum absolute atomic E-state index is 0.0104. The highest BCUT2D eigenvalue weighted by Crippen LogP contribution is 2.42. The van der Waals surface area contributed by atoms with E-state index in [0.29, 0.717) is 28.1 Å². The molecule has 2 aromatic heterocycles. The van der Waals surface area contributed by atoms with E-state index < -0.39 is 5.91 Å². The van der Waals surface area contributed by atoms with Crippen molar-refractivity contribution in [3.63, 3.8) is 0 Å². The fourth-order valence-electron chi connectivity index (χ4n) is 3.69. The van der Waals surface area contributed by atoms with Crippen LogP contribution in [0.15, 0.2) is 33.5 Å². The highest BCUT2D eigenvalue weighted by molar-refractivity contribution is 6.29. The molecule has 0 aliphatic heterocycles. The van der Waals surface area contributed by atoms with Gasteiger partial charge in [0, 0.05) is 17.0 Å². The number of aryl methyl sites for hydroxylation is 1. The van der Waals surface area contributed by atoms with Gasteiger partial charge in [-0.05, 0) is 57.4 Å². The van der Waals surface area contributed by atoms with Gasteiger partial charge in [0.25, 0.3) is 5.91 Å². The van der Waals surface area contributed by atoms with Gasteiger partial charge in [-0.3, -0.25) is 9.59 Å². The lowest BCUT2D eigenvalue weighted by atomic mass is 9.99. The Kier molecular flexibility index (Phi) is 4.82. The molecule has 7 heteroatoms. The van der Waals surface area contributed by atoms with Gasteiger partial charge >= 0.3 is 0 Å². The molecule has 4 rings (SSSR count). The summed E-state index contributed by atoms with van der Waals surface area (Å²) in [6.07, 6.45) is 2.09. The molecule has 3 aromatic rings. The Morgan fingerprint density at radius 3 is 2.69 bits per heavy atom. The number of nitrogens with two attached hydrogens (primary N) is 1. The Bertz CT molecular complexity index is 1200. The summed E-state index contributed by atoms with van der Waals surface area (Å²) >= 11 is 5.90. The van der Waals surface area contributed by atoms with Crippen LogP contribution in [-0.2, 0) is 0 Å². The first kappa shape index (κ1) is 19.5. The minimum Gasteiger partial charge on any atom is -0.460 e. The van der Waals surface area contributed by atoms with Crippen molar-refractivity contribution in [2.75, 3.05) is 5.32 Å². The number of nitrogens with one attached hydrogen (secondary N) is 1. The minimum atomic E-state index is -0.672.